The monoisotopic (exact) mass is 511 g/mol. The summed E-state index contributed by atoms with van der Waals surface area (Å²) in [6, 6.07) is 20.2. The lowest BCUT2D eigenvalue weighted by Crippen LogP contribution is -2.38. The van der Waals surface area contributed by atoms with Gasteiger partial charge in [-0.2, -0.15) is 0 Å². The highest BCUT2D eigenvalue weighted by Crippen LogP contribution is 2.32. The number of thiazole rings is 1. The molecule has 4 aromatic rings. The van der Waals surface area contributed by atoms with Crippen molar-refractivity contribution in [3.63, 3.8) is 0 Å². The first-order chi connectivity index (χ1) is 18.2. The van der Waals surface area contributed by atoms with E-state index in [9.17, 15) is 4.79 Å². The normalized spacial score (nSPS) is 19.9. The fourth-order valence-corrected chi connectivity index (χ4v) is 6.65. The van der Waals surface area contributed by atoms with E-state index in [4.69, 9.17) is 4.98 Å². The van der Waals surface area contributed by atoms with Crippen molar-refractivity contribution in [3.05, 3.63) is 83.0 Å². The fourth-order valence-electron chi connectivity index (χ4n) is 5.67. The Bertz CT molecular complexity index is 1360. The van der Waals surface area contributed by atoms with Crippen molar-refractivity contribution in [2.24, 2.45) is 5.92 Å². The summed E-state index contributed by atoms with van der Waals surface area (Å²) in [4.78, 5) is 26.3. The summed E-state index contributed by atoms with van der Waals surface area (Å²) in [5.74, 6) is 0.762. The van der Waals surface area contributed by atoms with E-state index in [1.807, 2.05) is 48.5 Å². The predicted octanol–water partition coefficient (Wildman–Crippen LogP) is 6.17. The second-order valence-electron chi connectivity index (χ2n) is 10.3. The number of carbonyl (C=O) groups is 1. The SMILES string of the molecule is O=C(NC1CCC(CCN2CCc3sc(Nc4ccccc4)nc3C2)CC1)c1cccc2ncccc12. The number of pyridine rings is 1. The number of para-hydroxylation sites is 1. The summed E-state index contributed by atoms with van der Waals surface area (Å²) >= 11 is 1.80. The van der Waals surface area contributed by atoms with Crippen LogP contribution in [0.3, 0.4) is 0 Å². The molecular formula is C30H33N5OS. The van der Waals surface area contributed by atoms with Crippen LogP contribution in [0, 0.1) is 5.92 Å². The molecule has 1 aliphatic carbocycles. The Hall–Kier alpha value is -3.29. The third-order valence-electron chi connectivity index (χ3n) is 7.76. The lowest BCUT2D eigenvalue weighted by atomic mass is 9.84. The van der Waals surface area contributed by atoms with E-state index in [1.165, 1.54) is 29.8 Å². The number of nitrogens with one attached hydrogen (secondary N) is 2. The first kappa shape index (κ1) is 24.1. The van der Waals surface area contributed by atoms with Crippen LogP contribution in [0.1, 0.15) is 53.0 Å². The van der Waals surface area contributed by atoms with Crippen molar-refractivity contribution < 1.29 is 4.79 Å². The molecule has 0 atom stereocenters. The zero-order valence-electron chi connectivity index (χ0n) is 21.0. The number of anilines is 2. The van der Waals surface area contributed by atoms with Crippen LogP contribution in [-0.2, 0) is 13.0 Å². The number of rotatable bonds is 7. The quantitative estimate of drug-likeness (QED) is 0.310. The van der Waals surface area contributed by atoms with E-state index in [1.54, 1.807) is 17.5 Å². The van der Waals surface area contributed by atoms with Gasteiger partial charge in [-0.1, -0.05) is 30.3 Å². The molecule has 190 valence electrons. The number of nitrogens with zero attached hydrogens (tertiary/aromatic N) is 3. The lowest BCUT2D eigenvalue weighted by molar-refractivity contribution is 0.0921. The van der Waals surface area contributed by atoms with E-state index >= 15 is 0 Å². The molecule has 0 saturated heterocycles. The number of fused-ring (bicyclic) bond motifs is 2. The summed E-state index contributed by atoms with van der Waals surface area (Å²) in [6.45, 7) is 3.20. The van der Waals surface area contributed by atoms with Gasteiger partial charge in [-0.15, -0.1) is 11.3 Å². The summed E-state index contributed by atoms with van der Waals surface area (Å²) in [5, 5.41) is 8.66. The lowest BCUT2D eigenvalue weighted by Gasteiger charge is -2.32. The zero-order valence-corrected chi connectivity index (χ0v) is 21.8. The van der Waals surface area contributed by atoms with E-state index in [0.29, 0.717) is 0 Å². The van der Waals surface area contributed by atoms with E-state index in [0.717, 1.165) is 72.1 Å². The second-order valence-corrected chi connectivity index (χ2v) is 11.3. The highest BCUT2D eigenvalue weighted by Gasteiger charge is 2.25. The maximum absolute atomic E-state index is 13.0. The van der Waals surface area contributed by atoms with Gasteiger partial charge < -0.3 is 10.6 Å². The average molecular weight is 512 g/mol. The van der Waals surface area contributed by atoms with E-state index in [-0.39, 0.29) is 11.9 Å². The van der Waals surface area contributed by atoms with Gasteiger partial charge in [-0.3, -0.25) is 14.7 Å². The van der Waals surface area contributed by atoms with Crippen molar-refractivity contribution in [1.29, 1.82) is 0 Å². The largest absolute Gasteiger partial charge is 0.349 e. The molecule has 2 aromatic heterocycles. The summed E-state index contributed by atoms with van der Waals surface area (Å²) < 4.78 is 0. The minimum absolute atomic E-state index is 0.0237. The second kappa shape index (κ2) is 11.0. The van der Waals surface area contributed by atoms with Crippen LogP contribution in [0.15, 0.2) is 66.9 Å². The van der Waals surface area contributed by atoms with Gasteiger partial charge in [-0.25, -0.2) is 4.98 Å². The smallest absolute Gasteiger partial charge is 0.252 e. The maximum Gasteiger partial charge on any atom is 0.252 e. The molecule has 0 spiro atoms. The molecule has 0 unspecified atom stereocenters. The number of aromatic nitrogens is 2. The summed E-state index contributed by atoms with van der Waals surface area (Å²) in [6.07, 6.45) is 8.57. The van der Waals surface area contributed by atoms with Gasteiger partial charge >= 0.3 is 0 Å². The van der Waals surface area contributed by atoms with Gasteiger partial charge in [0.1, 0.15) is 0 Å². The van der Waals surface area contributed by atoms with E-state index in [2.05, 4.69) is 32.7 Å². The van der Waals surface area contributed by atoms with Crippen LogP contribution in [0.2, 0.25) is 0 Å². The molecule has 3 heterocycles. The topological polar surface area (TPSA) is 70.2 Å². The number of hydrogen-bond donors (Lipinski definition) is 2. The highest BCUT2D eigenvalue weighted by atomic mass is 32.1. The Labute approximate surface area is 222 Å². The third-order valence-corrected chi connectivity index (χ3v) is 8.83. The summed E-state index contributed by atoms with van der Waals surface area (Å²) in [5.41, 5.74) is 3.92. The Kier molecular flexibility index (Phi) is 7.15. The molecule has 2 N–H and O–H groups in total. The predicted molar refractivity (Wildman–Crippen MR) is 150 cm³/mol. The molecule has 6 rings (SSSR count). The minimum atomic E-state index is 0.0237. The van der Waals surface area contributed by atoms with Crippen LogP contribution in [0.4, 0.5) is 10.8 Å². The molecule has 1 aliphatic heterocycles. The first-order valence-corrected chi connectivity index (χ1v) is 14.2. The van der Waals surface area contributed by atoms with Crippen LogP contribution in [0.5, 0.6) is 0 Å². The molecule has 7 heteroatoms. The van der Waals surface area contributed by atoms with E-state index < -0.39 is 0 Å². The van der Waals surface area contributed by atoms with Crippen LogP contribution >= 0.6 is 11.3 Å². The number of amides is 1. The van der Waals surface area contributed by atoms with Crippen LogP contribution in [-0.4, -0.2) is 39.9 Å². The van der Waals surface area contributed by atoms with Crippen LogP contribution in [0.25, 0.3) is 10.9 Å². The molecule has 2 aromatic carbocycles. The van der Waals surface area contributed by atoms with Crippen molar-refractivity contribution in [2.75, 3.05) is 18.4 Å². The van der Waals surface area contributed by atoms with Gasteiger partial charge in [0.05, 0.1) is 11.2 Å². The van der Waals surface area contributed by atoms with Gasteiger partial charge in [0.25, 0.3) is 5.91 Å². The van der Waals surface area contributed by atoms with Crippen LogP contribution < -0.4 is 10.6 Å². The zero-order chi connectivity index (χ0) is 25.0. The van der Waals surface area contributed by atoms with Gasteiger partial charge in [-0.05, 0) is 81.3 Å². The third kappa shape index (κ3) is 5.68. The molecule has 1 amide bonds. The van der Waals surface area contributed by atoms with Crippen molar-refractivity contribution >= 4 is 39.0 Å². The Morgan fingerprint density at radius 2 is 1.86 bits per heavy atom. The molecular weight excluding hydrogens is 478 g/mol. The number of benzene rings is 2. The van der Waals surface area contributed by atoms with Gasteiger partial charge in [0, 0.05) is 46.8 Å². The Morgan fingerprint density at radius 3 is 2.73 bits per heavy atom. The molecule has 6 nitrogen and oxygen atoms in total. The van der Waals surface area contributed by atoms with Gasteiger partial charge in [0.2, 0.25) is 0 Å². The Morgan fingerprint density at radius 1 is 1.00 bits per heavy atom. The maximum atomic E-state index is 13.0. The average Bonchev–Trinajstić information content (AvgIpc) is 3.34. The number of hydrogen-bond acceptors (Lipinski definition) is 6. The highest BCUT2D eigenvalue weighted by molar-refractivity contribution is 7.15. The summed E-state index contributed by atoms with van der Waals surface area (Å²) in [7, 11) is 0. The minimum Gasteiger partial charge on any atom is -0.349 e. The fraction of sp³-hybridized carbons (Fsp3) is 0.367. The molecule has 37 heavy (non-hydrogen) atoms. The number of carbonyl (C=O) groups excluding carboxylic acids is 1. The molecule has 2 aliphatic rings. The van der Waals surface area contributed by atoms with Gasteiger partial charge in [0.15, 0.2) is 5.13 Å². The molecule has 0 bridgehead atoms. The molecule has 0 radical (unpaired) electrons. The molecule has 1 fully saturated rings. The van der Waals surface area contributed by atoms with Crippen molar-refractivity contribution in [3.8, 4) is 0 Å². The first-order valence-electron chi connectivity index (χ1n) is 13.4. The van der Waals surface area contributed by atoms with Crippen molar-refractivity contribution in [1.82, 2.24) is 20.2 Å². The Balaban J connectivity index is 0.962. The standard InChI is InChI=1S/C30H33N5OS/c36-29(25-8-4-10-26-24(25)9-5-17-31-26)32-23-13-11-21(12-14-23)15-18-35-19-16-28-27(20-35)34-30(37-28)33-22-6-2-1-3-7-22/h1-10,17,21,23H,11-16,18-20H2,(H,32,36)(H,33,34). The van der Waals surface area contributed by atoms with Crippen molar-refractivity contribution in [2.45, 2.75) is 51.1 Å². The molecule has 1 saturated carbocycles.